The monoisotopic (exact) mass is 384 g/mol. The average Bonchev–Trinajstić information content (AvgIpc) is 2.57. The minimum absolute atomic E-state index is 0.141. The first-order valence-corrected chi connectivity index (χ1v) is 9.56. The largest absolute Gasteiger partial charge is 0.427 e. The van der Waals surface area contributed by atoms with E-state index in [0.29, 0.717) is 16.4 Å². The maximum atomic E-state index is 12.5. The molecule has 7 nitrogen and oxygen atoms in total. The van der Waals surface area contributed by atoms with Crippen LogP contribution >= 0.6 is 23.5 Å². The number of hydrogen-bond donors (Lipinski definition) is 1. The van der Waals surface area contributed by atoms with Crippen LogP contribution < -0.4 is 5.73 Å². The van der Waals surface area contributed by atoms with Crippen LogP contribution in [0.3, 0.4) is 0 Å². The molecule has 1 fully saturated rings. The lowest BCUT2D eigenvalue weighted by atomic mass is 9.98. The topological polar surface area (TPSA) is 98.9 Å². The van der Waals surface area contributed by atoms with Gasteiger partial charge in [-0.3, -0.25) is 14.5 Å². The molecule has 9 heteroatoms. The maximum Gasteiger partial charge on any atom is 0.358 e. The summed E-state index contributed by atoms with van der Waals surface area (Å²) in [4.78, 5) is 38.2. The number of carbonyl (C=O) groups is 3. The second kappa shape index (κ2) is 7.72. The Morgan fingerprint density at radius 3 is 2.72 bits per heavy atom. The van der Waals surface area contributed by atoms with Gasteiger partial charge in [0.1, 0.15) is 17.1 Å². The molecule has 0 radical (unpaired) electrons. The van der Waals surface area contributed by atoms with Crippen molar-refractivity contribution in [3.8, 4) is 12.3 Å². The van der Waals surface area contributed by atoms with Gasteiger partial charge in [0.15, 0.2) is 0 Å². The summed E-state index contributed by atoms with van der Waals surface area (Å²) in [6, 6.07) is -0.634. The Morgan fingerprint density at radius 2 is 2.12 bits per heavy atom. The summed E-state index contributed by atoms with van der Waals surface area (Å²) in [7, 11) is 0. The summed E-state index contributed by atoms with van der Waals surface area (Å²) >= 11 is 2.78. The number of terminal acetylenes is 1. The molecule has 2 rings (SSSR count). The van der Waals surface area contributed by atoms with Crippen molar-refractivity contribution in [3.63, 3.8) is 0 Å². The molecule has 2 aliphatic rings. The molecule has 0 unspecified atom stereocenters. The molecule has 2 atom stereocenters. The quantitative estimate of drug-likeness (QED) is 0.323. The lowest BCUT2D eigenvalue weighted by Gasteiger charge is -2.48. The van der Waals surface area contributed by atoms with Crippen LogP contribution in [-0.2, 0) is 23.9 Å². The number of ether oxygens (including phenoxy) is 2. The number of thioether (sulfide) groups is 2. The molecule has 25 heavy (non-hydrogen) atoms. The number of fused-ring (bicyclic) bond motifs is 1. The minimum Gasteiger partial charge on any atom is -0.427 e. The van der Waals surface area contributed by atoms with Gasteiger partial charge in [0.25, 0.3) is 0 Å². The molecule has 0 aliphatic carbocycles. The number of nitrogens with two attached hydrogens (primary N) is 1. The number of esters is 2. The Morgan fingerprint density at radius 1 is 1.44 bits per heavy atom. The van der Waals surface area contributed by atoms with E-state index in [2.05, 4.69) is 5.92 Å². The average molecular weight is 384 g/mol. The molecular weight excluding hydrogens is 364 g/mol. The van der Waals surface area contributed by atoms with E-state index >= 15 is 0 Å². The zero-order chi connectivity index (χ0) is 18.8. The molecule has 2 N–H and O–H groups in total. The molecule has 1 saturated heterocycles. The van der Waals surface area contributed by atoms with Gasteiger partial charge in [-0.2, -0.15) is 0 Å². The van der Waals surface area contributed by atoms with Gasteiger partial charge >= 0.3 is 11.9 Å². The van der Waals surface area contributed by atoms with Crippen molar-refractivity contribution in [1.29, 1.82) is 0 Å². The van der Waals surface area contributed by atoms with Gasteiger partial charge in [-0.15, -0.1) is 29.9 Å². The molecule has 2 aliphatic heterocycles. The fraction of sp³-hybridized carbons (Fsp3) is 0.562. The predicted octanol–water partition coefficient (Wildman–Crippen LogP) is 0.897. The lowest BCUT2D eigenvalue weighted by molar-refractivity contribution is -0.173. The standard InChI is InChI=1S/C16H20N2O5S2/c1-5-6-24-9-7-25-13-10(17)12(19)18(13)11(9)14(20)22-8-23-15(21)16(2,3)4/h1,10,13H,6-8,17H2,2-4H3/t10-,13+/m1/s1. The summed E-state index contributed by atoms with van der Waals surface area (Å²) < 4.78 is 9.98. The highest BCUT2D eigenvalue weighted by molar-refractivity contribution is 8.06. The van der Waals surface area contributed by atoms with Gasteiger partial charge in [0.2, 0.25) is 12.7 Å². The lowest BCUT2D eigenvalue weighted by Crippen LogP contribution is -2.68. The highest BCUT2D eigenvalue weighted by Crippen LogP contribution is 2.42. The fourth-order valence-corrected chi connectivity index (χ4v) is 4.39. The molecule has 0 aromatic rings. The summed E-state index contributed by atoms with van der Waals surface area (Å²) in [5, 5.41) is -0.289. The SMILES string of the molecule is C#CCSC1=C(C(=O)OCOC(=O)C(C)(C)C)N2C(=O)[C@@H](N)[C@@H]2SC1. The van der Waals surface area contributed by atoms with Crippen LogP contribution in [-0.4, -0.2) is 52.5 Å². The highest BCUT2D eigenvalue weighted by Gasteiger charge is 2.52. The second-order valence-electron chi connectivity index (χ2n) is 6.43. The number of rotatable bonds is 5. The summed E-state index contributed by atoms with van der Waals surface area (Å²) in [5.74, 6) is 1.80. The van der Waals surface area contributed by atoms with Crippen molar-refractivity contribution in [2.24, 2.45) is 11.1 Å². The zero-order valence-electron chi connectivity index (χ0n) is 14.2. The third-order valence-electron chi connectivity index (χ3n) is 3.49. The van der Waals surface area contributed by atoms with Crippen molar-refractivity contribution in [2.75, 3.05) is 18.3 Å². The molecule has 1 amide bonds. The van der Waals surface area contributed by atoms with Crippen LogP contribution in [0.25, 0.3) is 0 Å². The molecule has 136 valence electrons. The third kappa shape index (κ3) is 4.14. The smallest absolute Gasteiger partial charge is 0.358 e. The van der Waals surface area contributed by atoms with Crippen molar-refractivity contribution >= 4 is 41.4 Å². The van der Waals surface area contributed by atoms with E-state index in [9.17, 15) is 14.4 Å². The van der Waals surface area contributed by atoms with Gasteiger partial charge in [-0.05, 0) is 20.8 Å². The molecule has 0 saturated carbocycles. The molecule has 2 heterocycles. The van der Waals surface area contributed by atoms with Crippen LogP contribution in [0.1, 0.15) is 20.8 Å². The minimum atomic E-state index is -0.730. The Balaban J connectivity index is 2.09. The van der Waals surface area contributed by atoms with Crippen LogP contribution in [0, 0.1) is 17.8 Å². The van der Waals surface area contributed by atoms with Gasteiger partial charge in [0.05, 0.1) is 11.2 Å². The van der Waals surface area contributed by atoms with Crippen molar-refractivity contribution in [3.05, 3.63) is 10.6 Å². The fourth-order valence-electron chi connectivity index (χ4n) is 2.14. The Labute approximate surface area is 155 Å². The van der Waals surface area contributed by atoms with Crippen molar-refractivity contribution in [2.45, 2.75) is 32.2 Å². The first kappa shape index (κ1) is 19.7. The van der Waals surface area contributed by atoms with Gasteiger partial charge in [-0.1, -0.05) is 5.92 Å². The molecule has 0 spiro atoms. The highest BCUT2D eigenvalue weighted by atomic mass is 32.2. The summed E-state index contributed by atoms with van der Waals surface area (Å²) in [6.07, 6.45) is 5.27. The Kier molecular flexibility index (Phi) is 6.08. The van der Waals surface area contributed by atoms with E-state index in [1.165, 1.54) is 28.4 Å². The van der Waals surface area contributed by atoms with Crippen LogP contribution in [0.5, 0.6) is 0 Å². The van der Waals surface area contributed by atoms with Crippen molar-refractivity contribution in [1.82, 2.24) is 4.90 Å². The number of hydrogen-bond acceptors (Lipinski definition) is 8. The van der Waals surface area contributed by atoms with Gasteiger partial charge in [0, 0.05) is 10.7 Å². The number of β-lactam (4-membered cyclic amide) rings is 1. The molecule has 0 aromatic carbocycles. The van der Waals surface area contributed by atoms with Crippen LogP contribution in [0.2, 0.25) is 0 Å². The van der Waals surface area contributed by atoms with Crippen LogP contribution in [0.15, 0.2) is 10.6 Å². The van der Waals surface area contributed by atoms with E-state index in [-0.39, 0.29) is 17.0 Å². The molecular formula is C16H20N2O5S2. The van der Waals surface area contributed by atoms with E-state index in [4.69, 9.17) is 21.6 Å². The van der Waals surface area contributed by atoms with Gasteiger partial charge in [-0.25, -0.2) is 4.79 Å². The second-order valence-corrected chi connectivity index (χ2v) is 8.61. The number of carbonyl (C=O) groups excluding carboxylic acids is 3. The first-order valence-electron chi connectivity index (χ1n) is 7.52. The maximum absolute atomic E-state index is 12.5. The molecule has 0 bridgehead atoms. The van der Waals surface area contributed by atoms with E-state index in [0.717, 1.165) is 0 Å². The predicted molar refractivity (Wildman–Crippen MR) is 95.9 cm³/mol. The van der Waals surface area contributed by atoms with Gasteiger partial charge < -0.3 is 15.2 Å². The molecule has 0 aromatic heterocycles. The zero-order valence-corrected chi connectivity index (χ0v) is 15.9. The van der Waals surface area contributed by atoms with Crippen molar-refractivity contribution < 1.29 is 23.9 Å². The normalized spacial score (nSPS) is 22.7. The van der Waals surface area contributed by atoms with E-state index < -0.39 is 30.2 Å². The Hall–Kier alpha value is -1.63. The Bertz CT molecular complexity index is 662. The summed E-state index contributed by atoms with van der Waals surface area (Å²) in [5.41, 5.74) is 5.22. The number of nitrogens with zero attached hydrogens (tertiary/aromatic N) is 1. The first-order chi connectivity index (χ1) is 11.7. The summed E-state index contributed by atoms with van der Waals surface area (Å²) in [6.45, 7) is 4.56. The third-order valence-corrected chi connectivity index (χ3v) is 5.97. The van der Waals surface area contributed by atoms with E-state index in [1.54, 1.807) is 20.8 Å². The number of amides is 1. The van der Waals surface area contributed by atoms with E-state index in [1.807, 2.05) is 0 Å². The van der Waals surface area contributed by atoms with Crippen LogP contribution in [0.4, 0.5) is 0 Å².